The Hall–Kier alpha value is -1.79. The molecule has 4 nitrogen and oxygen atoms in total. The van der Waals surface area contributed by atoms with Crippen molar-refractivity contribution in [1.82, 2.24) is 0 Å². The van der Waals surface area contributed by atoms with Crippen LogP contribution in [0.3, 0.4) is 0 Å². The van der Waals surface area contributed by atoms with Gasteiger partial charge < -0.3 is 4.18 Å². The first-order valence-electron chi connectivity index (χ1n) is 6.53. The van der Waals surface area contributed by atoms with Crippen molar-refractivity contribution in [3.63, 3.8) is 0 Å². The largest absolute Gasteiger partial charge is 0.378 e. The van der Waals surface area contributed by atoms with Crippen LogP contribution in [-0.2, 0) is 10.1 Å². The average molecular weight is 336 g/mol. The molecule has 0 aliphatic carbocycles. The molecule has 116 valence electrons. The molecule has 2 aromatic carbocycles. The molecular formula is C16H16O4S2. The van der Waals surface area contributed by atoms with Crippen molar-refractivity contribution in [3.8, 4) is 5.75 Å². The summed E-state index contributed by atoms with van der Waals surface area (Å²) >= 11 is 1.44. The van der Waals surface area contributed by atoms with Gasteiger partial charge in [0.1, 0.15) is 4.90 Å². The predicted molar refractivity (Wildman–Crippen MR) is 87.2 cm³/mol. The summed E-state index contributed by atoms with van der Waals surface area (Å²) in [5, 5.41) is 0. The second-order valence-corrected chi connectivity index (χ2v) is 7.19. The van der Waals surface area contributed by atoms with Crippen molar-refractivity contribution < 1.29 is 17.4 Å². The second kappa shape index (κ2) is 6.54. The van der Waals surface area contributed by atoms with Crippen LogP contribution in [0.2, 0.25) is 0 Å². The molecule has 6 heteroatoms. The number of Topliss-reactive ketones (excluding diaryl/α,β-unsaturated/α-hetero) is 1. The van der Waals surface area contributed by atoms with Crippen molar-refractivity contribution in [2.75, 3.05) is 6.26 Å². The maximum atomic E-state index is 12.3. The minimum absolute atomic E-state index is 0.0555. The van der Waals surface area contributed by atoms with Gasteiger partial charge in [-0.1, -0.05) is 17.7 Å². The van der Waals surface area contributed by atoms with Crippen LogP contribution in [0.5, 0.6) is 5.75 Å². The molecule has 2 aromatic rings. The first-order chi connectivity index (χ1) is 10.3. The Bertz CT molecular complexity index is 793. The van der Waals surface area contributed by atoms with E-state index in [0.29, 0.717) is 0 Å². The van der Waals surface area contributed by atoms with Crippen LogP contribution < -0.4 is 4.18 Å². The van der Waals surface area contributed by atoms with E-state index in [4.69, 9.17) is 4.18 Å². The second-order valence-electron chi connectivity index (χ2n) is 4.77. The summed E-state index contributed by atoms with van der Waals surface area (Å²) in [5.41, 5.74) is 1.20. The van der Waals surface area contributed by atoms with Gasteiger partial charge in [-0.15, -0.1) is 11.8 Å². The van der Waals surface area contributed by atoms with E-state index >= 15 is 0 Å². The predicted octanol–water partition coefficient (Wildman–Crippen LogP) is 3.69. The van der Waals surface area contributed by atoms with Gasteiger partial charge in [0.2, 0.25) is 0 Å². The molecule has 0 aliphatic rings. The van der Waals surface area contributed by atoms with Gasteiger partial charge in [0.15, 0.2) is 11.5 Å². The fourth-order valence-electron chi connectivity index (χ4n) is 1.86. The fourth-order valence-corrected chi connectivity index (χ4v) is 3.23. The third-order valence-electron chi connectivity index (χ3n) is 3.08. The van der Waals surface area contributed by atoms with Gasteiger partial charge in [-0.25, -0.2) is 0 Å². The monoisotopic (exact) mass is 336 g/mol. The van der Waals surface area contributed by atoms with Gasteiger partial charge in [0.25, 0.3) is 0 Å². The summed E-state index contributed by atoms with van der Waals surface area (Å²) in [5.74, 6) is -0.193. The SMILES string of the molecule is CSc1ccc(C(C)=O)c(OS(=O)(=O)c2ccc(C)cc2)c1. The van der Waals surface area contributed by atoms with Crippen LogP contribution >= 0.6 is 11.8 Å². The highest BCUT2D eigenvalue weighted by Crippen LogP contribution is 2.28. The van der Waals surface area contributed by atoms with Gasteiger partial charge in [0.05, 0.1) is 5.56 Å². The normalized spacial score (nSPS) is 11.2. The third kappa shape index (κ3) is 3.69. The number of carbonyl (C=O) groups excluding carboxylic acids is 1. The zero-order valence-corrected chi connectivity index (χ0v) is 14.1. The number of rotatable bonds is 5. The Kier molecular flexibility index (Phi) is 4.93. The Labute approximate surface area is 134 Å². The van der Waals surface area contributed by atoms with E-state index in [0.717, 1.165) is 10.5 Å². The molecule has 0 radical (unpaired) electrons. The summed E-state index contributed by atoms with van der Waals surface area (Å²) in [6.07, 6.45) is 1.86. The van der Waals surface area contributed by atoms with Gasteiger partial charge in [-0.3, -0.25) is 4.79 Å². The van der Waals surface area contributed by atoms with Crippen molar-refractivity contribution >= 4 is 27.7 Å². The van der Waals surface area contributed by atoms with E-state index in [2.05, 4.69) is 0 Å². The molecule has 0 bridgehead atoms. The highest BCUT2D eigenvalue weighted by Gasteiger charge is 2.20. The molecule has 2 rings (SSSR count). The first kappa shape index (κ1) is 16.6. The highest BCUT2D eigenvalue weighted by molar-refractivity contribution is 7.98. The van der Waals surface area contributed by atoms with Gasteiger partial charge in [-0.05, 0) is 50.4 Å². The number of hydrogen-bond donors (Lipinski definition) is 0. The van der Waals surface area contributed by atoms with Gasteiger partial charge >= 0.3 is 10.1 Å². The summed E-state index contributed by atoms with van der Waals surface area (Å²) in [4.78, 5) is 12.5. The summed E-state index contributed by atoms with van der Waals surface area (Å²) in [6, 6.07) is 11.3. The van der Waals surface area contributed by atoms with E-state index in [1.807, 2.05) is 13.2 Å². The quantitative estimate of drug-likeness (QED) is 0.473. The number of aryl methyl sites for hydroxylation is 1. The molecule has 0 heterocycles. The van der Waals surface area contributed by atoms with Gasteiger partial charge in [0, 0.05) is 4.90 Å². The molecule has 0 atom stereocenters. The zero-order chi connectivity index (χ0) is 16.3. The topological polar surface area (TPSA) is 60.4 Å². The Morgan fingerprint density at radius 3 is 2.27 bits per heavy atom. The standard InChI is InChI=1S/C16H16O4S2/c1-11-4-7-14(8-5-11)22(18,19)20-16-10-13(21-3)6-9-15(16)12(2)17/h4-10H,1-3H3. The summed E-state index contributed by atoms with van der Waals surface area (Å²) in [7, 11) is -3.97. The third-order valence-corrected chi connectivity index (χ3v) is 5.05. The van der Waals surface area contributed by atoms with Crippen LogP contribution in [-0.4, -0.2) is 20.5 Å². The number of carbonyl (C=O) groups is 1. The van der Waals surface area contributed by atoms with E-state index in [1.165, 1.54) is 30.8 Å². The number of ketones is 1. The maximum Gasteiger partial charge on any atom is 0.339 e. The molecule has 0 N–H and O–H groups in total. The molecule has 0 fully saturated rings. The Morgan fingerprint density at radius 2 is 1.73 bits per heavy atom. The first-order valence-corrected chi connectivity index (χ1v) is 9.17. The smallest absolute Gasteiger partial charge is 0.339 e. The summed E-state index contributed by atoms with van der Waals surface area (Å²) < 4.78 is 29.9. The molecule has 0 spiro atoms. The number of benzene rings is 2. The molecule has 0 unspecified atom stereocenters. The Balaban J connectivity index is 2.44. The van der Waals surface area contributed by atoms with E-state index in [1.54, 1.807) is 30.3 Å². The lowest BCUT2D eigenvalue weighted by atomic mass is 10.1. The molecule has 0 aromatic heterocycles. The zero-order valence-electron chi connectivity index (χ0n) is 12.5. The highest BCUT2D eigenvalue weighted by atomic mass is 32.2. The van der Waals surface area contributed by atoms with E-state index in [9.17, 15) is 13.2 Å². The lowest BCUT2D eigenvalue weighted by molar-refractivity contribution is 0.101. The Morgan fingerprint density at radius 1 is 1.09 bits per heavy atom. The minimum Gasteiger partial charge on any atom is -0.378 e. The molecular weight excluding hydrogens is 320 g/mol. The molecule has 0 amide bonds. The van der Waals surface area contributed by atoms with E-state index in [-0.39, 0.29) is 22.0 Å². The van der Waals surface area contributed by atoms with Crippen LogP contribution in [0.25, 0.3) is 0 Å². The lowest BCUT2D eigenvalue weighted by Crippen LogP contribution is -2.12. The number of thioether (sulfide) groups is 1. The van der Waals surface area contributed by atoms with Crippen LogP contribution in [0.1, 0.15) is 22.8 Å². The number of hydrogen-bond acceptors (Lipinski definition) is 5. The summed E-state index contributed by atoms with van der Waals surface area (Å²) in [6.45, 7) is 3.24. The lowest BCUT2D eigenvalue weighted by Gasteiger charge is -2.11. The van der Waals surface area contributed by atoms with Crippen molar-refractivity contribution in [1.29, 1.82) is 0 Å². The van der Waals surface area contributed by atoms with Crippen molar-refractivity contribution in [3.05, 3.63) is 53.6 Å². The molecule has 0 saturated heterocycles. The van der Waals surface area contributed by atoms with Gasteiger partial charge in [-0.2, -0.15) is 8.42 Å². The average Bonchev–Trinajstić information content (AvgIpc) is 2.46. The fraction of sp³-hybridized carbons (Fsp3) is 0.188. The molecule has 22 heavy (non-hydrogen) atoms. The molecule has 0 saturated carbocycles. The van der Waals surface area contributed by atoms with E-state index < -0.39 is 10.1 Å². The molecule has 0 aliphatic heterocycles. The maximum absolute atomic E-state index is 12.3. The van der Waals surface area contributed by atoms with Crippen molar-refractivity contribution in [2.24, 2.45) is 0 Å². The van der Waals surface area contributed by atoms with Crippen LogP contribution in [0.15, 0.2) is 52.3 Å². The van der Waals surface area contributed by atoms with Crippen LogP contribution in [0, 0.1) is 6.92 Å². The van der Waals surface area contributed by atoms with Crippen LogP contribution in [0.4, 0.5) is 0 Å². The van der Waals surface area contributed by atoms with Crippen molar-refractivity contribution in [2.45, 2.75) is 23.6 Å². The minimum atomic E-state index is -3.97.